The summed E-state index contributed by atoms with van der Waals surface area (Å²) in [6, 6.07) is 0. The van der Waals surface area contributed by atoms with Gasteiger partial charge in [-0.2, -0.15) is 7.82 Å². The summed E-state index contributed by atoms with van der Waals surface area (Å²) in [5, 5.41) is 0. The molecule has 0 unspecified atom stereocenters. The molecular formula is AgO4PZn. The summed E-state index contributed by atoms with van der Waals surface area (Å²) in [6.45, 7) is 0. The van der Waals surface area contributed by atoms with Crippen LogP contribution in [0.2, 0.25) is 0 Å². The molecule has 0 bridgehead atoms. The molecule has 7 heteroatoms. The molecule has 42 valence electrons. The van der Waals surface area contributed by atoms with Crippen LogP contribution in [0.15, 0.2) is 0 Å². The SMILES string of the molecule is O=P([O-])([O-])[O-].[Ag+].[Zn+2]. The molecule has 0 aliphatic carbocycles. The van der Waals surface area contributed by atoms with Crippen molar-refractivity contribution in [2.24, 2.45) is 0 Å². The zero-order valence-corrected chi connectivity index (χ0v) is 8.43. The van der Waals surface area contributed by atoms with Crippen LogP contribution in [-0.2, 0) is 46.4 Å². The van der Waals surface area contributed by atoms with Crippen LogP contribution in [0, 0.1) is 0 Å². The van der Waals surface area contributed by atoms with Gasteiger partial charge in [-0.25, -0.2) is 0 Å². The van der Waals surface area contributed by atoms with E-state index in [-0.39, 0.29) is 41.9 Å². The summed E-state index contributed by atoms with van der Waals surface area (Å²) in [4.78, 5) is 25.6. The Balaban J connectivity index is -0.0000000800. The maximum absolute atomic E-state index is 8.55. The van der Waals surface area contributed by atoms with Crippen LogP contribution in [0.1, 0.15) is 0 Å². The second-order valence-electron chi connectivity index (χ2n) is 0.447. The molecule has 0 fully saturated rings. The van der Waals surface area contributed by atoms with Crippen molar-refractivity contribution >= 4 is 7.82 Å². The Morgan fingerprint density at radius 2 is 1.14 bits per heavy atom. The van der Waals surface area contributed by atoms with E-state index >= 15 is 0 Å². The largest absolute Gasteiger partial charge is 2.00 e. The minimum absolute atomic E-state index is 0. The van der Waals surface area contributed by atoms with Gasteiger partial charge in [-0.05, 0) is 0 Å². The van der Waals surface area contributed by atoms with E-state index in [1.54, 1.807) is 0 Å². The maximum Gasteiger partial charge on any atom is 2.00 e. The van der Waals surface area contributed by atoms with Crippen molar-refractivity contribution in [1.29, 1.82) is 0 Å². The first kappa shape index (κ1) is 15.8. The molecule has 7 heavy (non-hydrogen) atoms. The molecule has 0 radical (unpaired) electrons. The van der Waals surface area contributed by atoms with Crippen molar-refractivity contribution in [2.75, 3.05) is 0 Å². The van der Waals surface area contributed by atoms with Gasteiger partial charge in [-0.15, -0.1) is 0 Å². The molecule has 0 spiro atoms. The van der Waals surface area contributed by atoms with Gasteiger partial charge in [0.15, 0.2) is 0 Å². The maximum atomic E-state index is 8.55. The summed E-state index contributed by atoms with van der Waals surface area (Å²) in [5.74, 6) is 0. The third kappa shape index (κ3) is 103. The van der Waals surface area contributed by atoms with Crippen molar-refractivity contribution in [2.45, 2.75) is 0 Å². The fourth-order valence-corrected chi connectivity index (χ4v) is 0. The first-order valence-electron chi connectivity index (χ1n) is 0.730. The molecule has 0 atom stereocenters. The van der Waals surface area contributed by atoms with Crippen LogP contribution < -0.4 is 14.7 Å². The van der Waals surface area contributed by atoms with Crippen LogP contribution in [0.3, 0.4) is 0 Å². The average molecular weight is 268 g/mol. The Bertz CT molecular complexity index is 57.8. The Hall–Kier alpha value is 1.47. The molecule has 0 aliphatic rings. The number of hydrogen-bond acceptors (Lipinski definition) is 4. The number of phosphoric acid groups is 1. The monoisotopic (exact) mass is 266 g/mol. The second-order valence-corrected chi connectivity index (χ2v) is 1.34. The van der Waals surface area contributed by atoms with E-state index in [9.17, 15) is 0 Å². The normalized spacial score (nSPS) is 8.43. The van der Waals surface area contributed by atoms with Crippen LogP contribution in [0.4, 0.5) is 0 Å². The van der Waals surface area contributed by atoms with Gasteiger partial charge in [-0.1, -0.05) is 0 Å². The molecule has 0 amide bonds. The molecule has 4 nitrogen and oxygen atoms in total. The van der Waals surface area contributed by atoms with Crippen molar-refractivity contribution in [3.8, 4) is 0 Å². The van der Waals surface area contributed by atoms with Crippen molar-refractivity contribution < 1.29 is 61.1 Å². The predicted molar refractivity (Wildman–Crippen MR) is 7.61 cm³/mol. The summed E-state index contributed by atoms with van der Waals surface area (Å²) in [6.07, 6.45) is 0. The fraction of sp³-hybridized carbons (Fsp3) is 0. The third-order valence-corrected chi connectivity index (χ3v) is 0. The minimum Gasteiger partial charge on any atom is -0.822 e. The Morgan fingerprint density at radius 1 is 1.14 bits per heavy atom. The molecule has 0 aromatic carbocycles. The molecule has 0 aromatic rings. The fourth-order valence-electron chi connectivity index (χ4n) is 0. The van der Waals surface area contributed by atoms with Crippen molar-refractivity contribution in [3.63, 3.8) is 0 Å². The van der Waals surface area contributed by atoms with Crippen molar-refractivity contribution in [3.05, 3.63) is 0 Å². The van der Waals surface area contributed by atoms with Gasteiger partial charge in [0.25, 0.3) is 0 Å². The van der Waals surface area contributed by atoms with Gasteiger partial charge in [0, 0.05) is 0 Å². The van der Waals surface area contributed by atoms with E-state index in [1.807, 2.05) is 0 Å². The van der Waals surface area contributed by atoms with E-state index in [0.717, 1.165) is 0 Å². The first-order chi connectivity index (χ1) is 2.00. The summed E-state index contributed by atoms with van der Waals surface area (Å²) >= 11 is 0. The Morgan fingerprint density at radius 3 is 1.14 bits per heavy atom. The molecule has 0 aromatic heterocycles. The third-order valence-electron chi connectivity index (χ3n) is 0. The molecule has 0 rings (SSSR count). The first-order valence-corrected chi connectivity index (χ1v) is 2.19. The number of rotatable bonds is 0. The average Bonchev–Trinajstić information content (AvgIpc) is 0.722. The van der Waals surface area contributed by atoms with Crippen molar-refractivity contribution in [1.82, 2.24) is 0 Å². The van der Waals surface area contributed by atoms with E-state index in [1.165, 1.54) is 0 Å². The Labute approximate surface area is 68.8 Å². The molecule has 0 N–H and O–H groups in total. The molecule has 0 aliphatic heterocycles. The minimum atomic E-state index is -5.39. The Kier molecular flexibility index (Phi) is 12.7. The standard InChI is InChI=1S/Ag.H3O4P.Zn/c;1-5(2,3)4;/h;(H3,1,2,3,4);/q+1;;+2/p-3. The predicted octanol–water partition coefficient (Wildman–Crippen LogP) is -2.83. The molecule has 0 heterocycles. The molecular weight excluding hydrogens is 268 g/mol. The van der Waals surface area contributed by atoms with Crippen LogP contribution >= 0.6 is 7.82 Å². The van der Waals surface area contributed by atoms with E-state index in [2.05, 4.69) is 0 Å². The van der Waals surface area contributed by atoms with E-state index in [4.69, 9.17) is 19.2 Å². The zero-order chi connectivity index (χ0) is 4.50. The topological polar surface area (TPSA) is 86.2 Å². The van der Waals surface area contributed by atoms with Crippen LogP contribution in [-0.4, -0.2) is 0 Å². The smallest absolute Gasteiger partial charge is 0.822 e. The van der Waals surface area contributed by atoms with E-state index < -0.39 is 7.82 Å². The molecule has 0 saturated carbocycles. The molecule has 0 saturated heterocycles. The summed E-state index contributed by atoms with van der Waals surface area (Å²) in [5.41, 5.74) is 0. The van der Waals surface area contributed by atoms with Gasteiger partial charge in [-0.3, -0.25) is 0 Å². The van der Waals surface area contributed by atoms with Gasteiger partial charge < -0.3 is 19.2 Å². The van der Waals surface area contributed by atoms with E-state index in [0.29, 0.717) is 0 Å². The van der Waals surface area contributed by atoms with Crippen LogP contribution in [0.25, 0.3) is 0 Å². The van der Waals surface area contributed by atoms with Crippen LogP contribution in [0.5, 0.6) is 0 Å². The van der Waals surface area contributed by atoms with Gasteiger partial charge >= 0.3 is 41.9 Å². The van der Waals surface area contributed by atoms with Gasteiger partial charge in [0.1, 0.15) is 0 Å². The summed E-state index contributed by atoms with van der Waals surface area (Å²) < 4.78 is 8.55. The van der Waals surface area contributed by atoms with Gasteiger partial charge in [0.05, 0.1) is 0 Å². The van der Waals surface area contributed by atoms with Gasteiger partial charge in [0.2, 0.25) is 0 Å². The quantitative estimate of drug-likeness (QED) is 0.350. The summed E-state index contributed by atoms with van der Waals surface area (Å²) in [7, 11) is -5.39. The second kappa shape index (κ2) is 5.61. The zero-order valence-electron chi connectivity index (χ0n) is 3.09. The number of hydrogen-bond donors (Lipinski definition) is 0.